The maximum Gasteiger partial charge on any atom is 0.122 e. The molecule has 0 saturated carbocycles. The summed E-state index contributed by atoms with van der Waals surface area (Å²) in [5.74, 6) is 1.07. The van der Waals surface area contributed by atoms with E-state index in [-0.39, 0.29) is 0 Å². The van der Waals surface area contributed by atoms with E-state index in [4.69, 9.17) is 4.74 Å². The quantitative estimate of drug-likeness (QED) is 0.643. The third-order valence-electron chi connectivity index (χ3n) is 5.02. The largest absolute Gasteiger partial charge is 0.496 e. The zero-order chi connectivity index (χ0) is 14.6. The number of hydrogen-bond acceptors (Lipinski definition) is 1. The van der Waals surface area contributed by atoms with Crippen LogP contribution >= 0.6 is 0 Å². The maximum absolute atomic E-state index is 5.66. The van der Waals surface area contributed by atoms with Crippen LogP contribution in [0.2, 0.25) is 18.1 Å². The fraction of sp³-hybridized carbons (Fsp3) is 0.444. The molecule has 1 nitrogen and oxygen atoms in total. The molecule has 0 radical (unpaired) electrons. The van der Waals surface area contributed by atoms with Gasteiger partial charge in [-0.2, -0.15) is 0 Å². The van der Waals surface area contributed by atoms with Gasteiger partial charge in [-0.25, -0.2) is 0 Å². The second kappa shape index (κ2) is 6.44. The fourth-order valence-electron chi connectivity index (χ4n) is 3.19. The van der Waals surface area contributed by atoms with E-state index in [1.54, 1.807) is 7.11 Å². The summed E-state index contributed by atoms with van der Waals surface area (Å²) in [5, 5.41) is 2.70. The summed E-state index contributed by atoms with van der Waals surface area (Å²) < 4.78 is 5.66. The van der Waals surface area contributed by atoms with Crippen molar-refractivity contribution in [3.05, 3.63) is 42.0 Å². The second-order valence-corrected chi connectivity index (χ2v) is 11.2. The number of fused-ring (bicyclic) bond motifs is 1. The van der Waals surface area contributed by atoms with E-state index in [0.29, 0.717) is 0 Å². The van der Waals surface area contributed by atoms with Gasteiger partial charge in [-0.05, 0) is 28.4 Å². The molecule has 0 aliphatic heterocycles. The lowest BCUT2D eigenvalue weighted by Crippen LogP contribution is -2.35. The van der Waals surface area contributed by atoms with Crippen molar-refractivity contribution >= 4 is 18.8 Å². The van der Waals surface area contributed by atoms with Crippen LogP contribution in [0.4, 0.5) is 0 Å². The van der Waals surface area contributed by atoms with Gasteiger partial charge in [-0.3, -0.25) is 0 Å². The molecule has 20 heavy (non-hydrogen) atoms. The summed E-state index contributed by atoms with van der Waals surface area (Å²) in [7, 11) is 0.589. The van der Waals surface area contributed by atoms with Crippen LogP contribution in [0, 0.1) is 0 Å². The first-order chi connectivity index (χ1) is 9.69. The Morgan fingerprint density at radius 2 is 1.55 bits per heavy atom. The van der Waals surface area contributed by atoms with Crippen LogP contribution in [0.25, 0.3) is 10.8 Å². The molecule has 0 fully saturated rings. The van der Waals surface area contributed by atoms with Gasteiger partial charge >= 0.3 is 0 Å². The molecule has 2 aromatic rings. The highest BCUT2D eigenvalue weighted by molar-refractivity contribution is 6.79. The Morgan fingerprint density at radius 3 is 2.15 bits per heavy atom. The Labute approximate surface area is 124 Å². The van der Waals surface area contributed by atoms with Gasteiger partial charge in [0.25, 0.3) is 0 Å². The van der Waals surface area contributed by atoms with Crippen LogP contribution in [-0.2, 0) is 6.04 Å². The van der Waals surface area contributed by atoms with Crippen molar-refractivity contribution in [2.45, 2.75) is 44.9 Å². The molecular formula is C18H26OSi. The molecule has 0 aromatic heterocycles. The van der Waals surface area contributed by atoms with E-state index in [0.717, 1.165) is 5.75 Å². The van der Waals surface area contributed by atoms with Crippen LogP contribution in [0.15, 0.2) is 36.4 Å². The standard InChI is InChI=1S/C18H26OSi/c1-5-20(6-2,7-3)14-17-16-11-9-8-10-15(16)12-13-18(17)19-4/h8-13H,5-7,14H2,1-4H3. The number of benzene rings is 2. The molecular weight excluding hydrogens is 260 g/mol. The minimum absolute atomic E-state index is 1.07. The van der Waals surface area contributed by atoms with Crippen LogP contribution in [-0.4, -0.2) is 15.2 Å². The average Bonchev–Trinajstić information content (AvgIpc) is 2.52. The predicted molar refractivity (Wildman–Crippen MR) is 91.4 cm³/mol. The Morgan fingerprint density at radius 1 is 0.900 bits per heavy atom. The van der Waals surface area contributed by atoms with Gasteiger partial charge in [0.1, 0.15) is 5.75 Å². The van der Waals surface area contributed by atoms with E-state index in [9.17, 15) is 0 Å². The summed E-state index contributed by atoms with van der Waals surface area (Å²) in [6.45, 7) is 7.12. The molecule has 0 saturated heterocycles. The molecule has 2 heteroatoms. The van der Waals surface area contributed by atoms with Gasteiger partial charge in [0.15, 0.2) is 0 Å². The van der Waals surface area contributed by atoms with Crippen molar-refractivity contribution in [1.82, 2.24) is 0 Å². The predicted octanol–water partition coefficient (Wildman–Crippen LogP) is 5.44. The maximum atomic E-state index is 5.66. The van der Waals surface area contributed by atoms with E-state index in [1.807, 2.05) is 0 Å². The van der Waals surface area contributed by atoms with Crippen molar-refractivity contribution in [3.8, 4) is 5.75 Å². The van der Waals surface area contributed by atoms with Crippen LogP contribution < -0.4 is 4.74 Å². The Balaban J connectivity index is 2.56. The first-order valence-corrected chi connectivity index (χ1v) is 10.6. The molecule has 0 N–H and O–H groups in total. The molecule has 2 rings (SSSR count). The van der Waals surface area contributed by atoms with E-state index >= 15 is 0 Å². The van der Waals surface area contributed by atoms with Crippen molar-refractivity contribution in [3.63, 3.8) is 0 Å². The zero-order valence-electron chi connectivity index (χ0n) is 13.2. The minimum Gasteiger partial charge on any atom is -0.496 e. The second-order valence-electron chi connectivity index (χ2n) is 5.70. The lowest BCUT2D eigenvalue weighted by Gasteiger charge is -2.29. The van der Waals surface area contributed by atoms with Gasteiger partial charge in [0.2, 0.25) is 0 Å². The van der Waals surface area contributed by atoms with Gasteiger partial charge in [0.05, 0.1) is 15.2 Å². The van der Waals surface area contributed by atoms with Gasteiger partial charge in [0, 0.05) is 0 Å². The number of ether oxygens (including phenoxy) is 1. The topological polar surface area (TPSA) is 9.23 Å². The summed E-state index contributed by atoms with van der Waals surface area (Å²) in [6.07, 6.45) is 0. The zero-order valence-corrected chi connectivity index (χ0v) is 14.2. The number of hydrogen-bond donors (Lipinski definition) is 0. The van der Waals surface area contributed by atoms with Crippen molar-refractivity contribution in [2.24, 2.45) is 0 Å². The molecule has 0 unspecified atom stereocenters. The summed E-state index contributed by atoms with van der Waals surface area (Å²) >= 11 is 0. The lowest BCUT2D eigenvalue weighted by atomic mass is 10.0. The molecule has 108 valence electrons. The van der Waals surface area contributed by atoms with E-state index in [1.165, 1.54) is 40.5 Å². The smallest absolute Gasteiger partial charge is 0.122 e. The van der Waals surface area contributed by atoms with Crippen LogP contribution in [0.3, 0.4) is 0 Å². The number of rotatable bonds is 6. The monoisotopic (exact) mass is 286 g/mol. The van der Waals surface area contributed by atoms with Crippen molar-refractivity contribution in [2.75, 3.05) is 7.11 Å². The molecule has 0 aliphatic carbocycles. The highest BCUT2D eigenvalue weighted by atomic mass is 28.3. The Bertz CT molecular complexity index is 564. The SMILES string of the molecule is CC[Si](CC)(CC)Cc1c(OC)ccc2ccccc12. The van der Waals surface area contributed by atoms with Gasteiger partial charge in [-0.15, -0.1) is 0 Å². The van der Waals surface area contributed by atoms with Crippen LogP contribution in [0.5, 0.6) is 5.75 Å². The molecule has 0 heterocycles. The molecule has 0 amide bonds. The van der Waals surface area contributed by atoms with E-state index in [2.05, 4.69) is 57.2 Å². The van der Waals surface area contributed by atoms with Gasteiger partial charge in [-0.1, -0.05) is 69.2 Å². The fourth-order valence-corrected chi connectivity index (χ4v) is 6.55. The lowest BCUT2D eigenvalue weighted by molar-refractivity contribution is 0.412. The third-order valence-corrected chi connectivity index (χ3v) is 10.6. The normalized spacial score (nSPS) is 11.8. The van der Waals surface area contributed by atoms with E-state index < -0.39 is 8.07 Å². The Kier molecular flexibility index (Phi) is 4.87. The minimum atomic E-state index is -1.20. The average molecular weight is 286 g/mol. The molecule has 0 spiro atoms. The van der Waals surface area contributed by atoms with Gasteiger partial charge < -0.3 is 4.74 Å². The highest BCUT2D eigenvalue weighted by Crippen LogP contribution is 2.34. The molecule has 0 aliphatic rings. The molecule has 0 atom stereocenters. The first-order valence-electron chi connectivity index (χ1n) is 7.74. The Hall–Kier alpha value is -1.28. The molecule has 0 bridgehead atoms. The summed E-state index contributed by atoms with van der Waals surface area (Å²) in [4.78, 5) is 0. The first kappa shape index (κ1) is 15.1. The molecule has 2 aromatic carbocycles. The third kappa shape index (κ3) is 2.75. The summed E-state index contributed by atoms with van der Waals surface area (Å²) in [6, 6.07) is 18.3. The summed E-state index contributed by atoms with van der Waals surface area (Å²) in [5.41, 5.74) is 1.43. The van der Waals surface area contributed by atoms with Crippen molar-refractivity contribution in [1.29, 1.82) is 0 Å². The van der Waals surface area contributed by atoms with Crippen LogP contribution in [0.1, 0.15) is 26.3 Å². The highest BCUT2D eigenvalue weighted by Gasteiger charge is 2.28. The van der Waals surface area contributed by atoms with Crippen molar-refractivity contribution < 1.29 is 4.74 Å². The number of methoxy groups -OCH3 is 1.